The molecule has 1 aliphatic rings. The molecule has 0 radical (unpaired) electrons. The van der Waals surface area contributed by atoms with Crippen LogP contribution in [0.4, 0.5) is 10.5 Å². The highest BCUT2D eigenvalue weighted by Crippen LogP contribution is 2.29. The standard InChI is InChI=1S/C18H22ClN5O3S/c1-27-10-8-20-18(26)24-9-2-3-12(11-24)16-22-23-17(28-16)15(25)21-14-6-4-13(19)5-7-14/h4-7,12H,2-3,8-11H2,1H3,(H,20,26)(H,21,25)/t12-/m1/s1. The van der Waals surface area contributed by atoms with E-state index in [4.69, 9.17) is 16.3 Å². The van der Waals surface area contributed by atoms with Gasteiger partial charge in [-0.25, -0.2) is 4.79 Å². The van der Waals surface area contributed by atoms with Crippen molar-refractivity contribution in [2.24, 2.45) is 0 Å². The van der Waals surface area contributed by atoms with Crippen LogP contribution in [0.5, 0.6) is 0 Å². The molecule has 1 aliphatic heterocycles. The summed E-state index contributed by atoms with van der Waals surface area (Å²) in [6, 6.07) is 6.76. The lowest BCUT2D eigenvalue weighted by Crippen LogP contribution is -2.45. The maximum absolute atomic E-state index is 12.4. The Balaban J connectivity index is 1.58. The van der Waals surface area contributed by atoms with E-state index in [1.54, 1.807) is 36.3 Å². The molecule has 0 aliphatic carbocycles. The summed E-state index contributed by atoms with van der Waals surface area (Å²) in [6.07, 6.45) is 1.80. The van der Waals surface area contributed by atoms with Gasteiger partial charge in [-0.3, -0.25) is 4.79 Å². The highest BCUT2D eigenvalue weighted by molar-refractivity contribution is 7.13. The fourth-order valence-corrected chi connectivity index (χ4v) is 3.93. The third-order valence-corrected chi connectivity index (χ3v) is 5.71. The van der Waals surface area contributed by atoms with E-state index >= 15 is 0 Å². The Kier molecular flexibility index (Phi) is 7.18. The summed E-state index contributed by atoms with van der Waals surface area (Å²) in [4.78, 5) is 26.4. The number of hydrogen-bond donors (Lipinski definition) is 2. The third kappa shape index (κ3) is 5.40. The van der Waals surface area contributed by atoms with Gasteiger partial charge in [0.15, 0.2) is 0 Å². The monoisotopic (exact) mass is 423 g/mol. The van der Waals surface area contributed by atoms with Crippen molar-refractivity contribution in [3.63, 3.8) is 0 Å². The summed E-state index contributed by atoms with van der Waals surface area (Å²) in [5, 5.41) is 15.5. The minimum atomic E-state index is -0.309. The van der Waals surface area contributed by atoms with Crippen LogP contribution in [-0.4, -0.2) is 60.4 Å². The number of piperidine rings is 1. The second-order valence-electron chi connectivity index (χ2n) is 6.42. The molecule has 0 saturated carbocycles. The van der Waals surface area contributed by atoms with E-state index in [0.29, 0.717) is 42.0 Å². The summed E-state index contributed by atoms with van der Waals surface area (Å²) < 4.78 is 4.95. The van der Waals surface area contributed by atoms with E-state index in [1.165, 1.54) is 11.3 Å². The van der Waals surface area contributed by atoms with Gasteiger partial charge in [0.2, 0.25) is 5.01 Å². The van der Waals surface area contributed by atoms with Gasteiger partial charge in [0.25, 0.3) is 5.91 Å². The number of amides is 3. The molecule has 2 N–H and O–H groups in total. The lowest BCUT2D eigenvalue weighted by atomic mass is 9.99. The first-order chi connectivity index (χ1) is 13.6. The number of likely N-dealkylation sites (tertiary alicyclic amines) is 1. The van der Waals surface area contributed by atoms with Crippen molar-refractivity contribution < 1.29 is 14.3 Å². The maximum Gasteiger partial charge on any atom is 0.317 e. The number of anilines is 1. The van der Waals surface area contributed by atoms with Gasteiger partial charge in [-0.1, -0.05) is 22.9 Å². The number of aromatic nitrogens is 2. The Morgan fingerprint density at radius 2 is 2.11 bits per heavy atom. The number of methoxy groups -OCH3 is 1. The zero-order valence-electron chi connectivity index (χ0n) is 15.5. The summed E-state index contributed by atoms with van der Waals surface area (Å²) in [7, 11) is 1.60. The van der Waals surface area contributed by atoms with E-state index in [-0.39, 0.29) is 17.9 Å². The van der Waals surface area contributed by atoms with Crippen molar-refractivity contribution in [2.45, 2.75) is 18.8 Å². The molecular weight excluding hydrogens is 402 g/mol. The summed E-state index contributed by atoms with van der Waals surface area (Å²) in [6.45, 7) is 2.22. The molecule has 28 heavy (non-hydrogen) atoms. The fraction of sp³-hybridized carbons (Fsp3) is 0.444. The second kappa shape index (κ2) is 9.81. The van der Waals surface area contributed by atoms with Gasteiger partial charge in [-0.15, -0.1) is 10.2 Å². The van der Waals surface area contributed by atoms with Crippen molar-refractivity contribution in [3.8, 4) is 0 Å². The summed E-state index contributed by atoms with van der Waals surface area (Å²) in [5.74, 6) is -0.229. The highest BCUT2D eigenvalue weighted by atomic mass is 35.5. The van der Waals surface area contributed by atoms with E-state index in [2.05, 4.69) is 20.8 Å². The fourth-order valence-electron chi connectivity index (χ4n) is 2.94. The van der Waals surface area contributed by atoms with E-state index < -0.39 is 0 Å². The number of carbonyl (C=O) groups is 2. The quantitative estimate of drug-likeness (QED) is 0.696. The Bertz CT molecular complexity index is 814. The lowest BCUT2D eigenvalue weighted by Gasteiger charge is -2.31. The minimum Gasteiger partial charge on any atom is -0.383 e. The molecular formula is C18H22ClN5O3S. The molecule has 1 aromatic heterocycles. The summed E-state index contributed by atoms with van der Waals surface area (Å²) in [5.41, 5.74) is 0.641. The topological polar surface area (TPSA) is 96.4 Å². The number of ether oxygens (including phenoxy) is 1. The van der Waals surface area contributed by atoms with E-state index in [9.17, 15) is 9.59 Å². The predicted octanol–water partition coefficient (Wildman–Crippen LogP) is 2.98. The normalized spacial score (nSPS) is 16.6. The smallest absolute Gasteiger partial charge is 0.317 e. The van der Waals surface area contributed by atoms with Crippen LogP contribution in [0.15, 0.2) is 24.3 Å². The molecule has 0 bridgehead atoms. The molecule has 3 rings (SSSR count). The lowest BCUT2D eigenvalue weighted by molar-refractivity contribution is 0.102. The number of nitrogens with zero attached hydrogens (tertiary/aromatic N) is 3. The van der Waals surface area contributed by atoms with Gasteiger partial charge in [0.05, 0.1) is 6.61 Å². The molecule has 10 heteroatoms. The third-order valence-electron chi connectivity index (χ3n) is 4.38. The minimum absolute atomic E-state index is 0.0801. The molecule has 8 nitrogen and oxygen atoms in total. The number of hydrogen-bond acceptors (Lipinski definition) is 6. The highest BCUT2D eigenvalue weighted by Gasteiger charge is 2.28. The van der Waals surface area contributed by atoms with Crippen LogP contribution in [0, 0.1) is 0 Å². The van der Waals surface area contributed by atoms with Gasteiger partial charge in [-0.05, 0) is 37.1 Å². The maximum atomic E-state index is 12.4. The SMILES string of the molecule is COCCNC(=O)N1CCC[C@@H](c2nnc(C(=O)Nc3ccc(Cl)cc3)s2)C1. The Morgan fingerprint density at radius 3 is 2.86 bits per heavy atom. The van der Waals surface area contributed by atoms with Gasteiger partial charge in [-0.2, -0.15) is 0 Å². The van der Waals surface area contributed by atoms with Crippen LogP contribution in [0.2, 0.25) is 5.02 Å². The van der Waals surface area contributed by atoms with Crippen LogP contribution in [0.25, 0.3) is 0 Å². The van der Waals surface area contributed by atoms with Crippen LogP contribution >= 0.6 is 22.9 Å². The van der Waals surface area contributed by atoms with Crippen LogP contribution < -0.4 is 10.6 Å². The van der Waals surface area contributed by atoms with Gasteiger partial charge >= 0.3 is 6.03 Å². The molecule has 3 amide bonds. The molecule has 0 unspecified atom stereocenters. The van der Waals surface area contributed by atoms with Gasteiger partial charge in [0.1, 0.15) is 5.01 Å². The van der Waals surface area contributed by atoms with Crippen LogP contribution in [0.3, 0.4) is 0 Å². The summed E-state index contributed by atoms with van der Waals surface area (Å²) >= 11 is 7.12. The number of nitrogens with one attached hydrogen (secondary N) is 2. The average molecular weight is 424 g/mol. The molecule has 2 aromatic rings. The van der Waals surface area contributed by atoms with Crippen molar-refractivity contribution in [1.29, 1.82) is 0 Å². The number of urea groups is 1. The Hall–Kier alpha value is -2.23. The molecule has 1 fully saturated rings. The number of carbonyl (C=O) groups excluding carboxylic acids is 2. The van der Waals surface area contributed by atoms with Crippen molar-refractivity contribution in [1.82, 2.24) is 20.4 Å². The van der Waals surface area contributed by atoms with E-state index in [1.807, 2.05) is 0 Å². The largest absolute Gasteiger partial charge is 0.383 e. The number of benzene rings is 1. The van der Waals surface area contributed by atoms with E-state index in [0.717, 1.165) is 17.8 Å². The molecule has 1 aromatic carbocycles. The average Bonchev–Trinajstić information content (AvgIpc) is 3.20. The first kappa shape index (κ1) is 20.5. The van der Waals surface area contributed by atoms with Crippen molar-refractivity contribution >= 4 is 40.6 Å². The number of rotatable bonds is 6. The second-order valence-corrected chi connectivity index (χ2v) is 7.86. The van der Waals surface area contributed by atoms with Crippen LogP contribution in [-0.2, 0) is 4.74 Å². The van der Waals surface area contributed by atoms with Gasteiger partial charge < -0.3 is 20.3 Å². The first-order valence-electron chi connectivity index (χ1n) is 8.99. The molecule has 0 spiro atoms. The van der Waals surface area contributed by atoms with Crippen molar-refractivity contribution in [2.75, 3.05) is 38.7 Å². The molecule has 1 saturated heterocycles. The molecule has 150 valence electrons. The van der Waals surface area contributed by atoms with Crippen LogP contribution in [0.1, 0.15) is 33.6 Å². The predicted molar refractivity (Wildman–Crippen MR) is 108 cm³/mol. The zero-order valence-corrected chi connectivity index (χ0v) is 17.1. The van der Waals surface area contributed by atoms with Crippen molar-refractivity contribution in [3.05, 3.63) is 39.3 Å². The number of halogens is 1. The molecule has 1 atom stereocenters. The first-order valence-corrected chi connectivity index (χ1v) is 10.2. The zero-order chi connectivity index (χ0) is 19.9. The molecule has 2 heterocycles. The Morgan fingerprint density at radius 1 is 1.32 bits per heavy atom. The Labute approximate surface area is 172 Å². The van der Waals surface area contributed by atoms with Gasteiger partial charge in [0, 0.05) is 43.4 Å².